The lowest BCUT2D eigenvalue weighted by atomic mass is 9.91. The Morgan fingerprint density at radius 3 is 2.90 bits per heavy atom. The third-order valence-corrected chi connectivity index (χ3v) is 4.87. The van der Waals surface area contributed by atoms with E-state index < -0.39 is 0 Å². The molecule has 0 unspecified atom stereocenters. The minimum absolute atomic E-state index is 0.0297. The van der Waals surface area contributed by atoms with E-state index >= 15 is 0 Å². The van der Waals surface area contributed by atoms with E-state index in [2.05, 4.69) is 5.16 Å². The van der Waals surface area contributed by atoms with E-state index in [0.717, 1.165) is 57.7 Å². The Hall–Kier alpha value is -1.36. The zero-order valence-corrected chi connectivity index (χ0v) is 11.6. The van der Waals surface area contributed by atoms with Crippen LogP contribution in [0.15, 0.2) is 10.6 Å². The first kappa shape index (κ1) is 12.4. The molecule has 3 aliphatic rings. The molecule has 3 heterocycles. The number of amides is 1. The topological polar surface area (TPSA) is 55.6 Å². The van der Waals surface area contributed by atoms with E-state index in [0.29, 0.717) is 23.4 Å². The molecule has 3 fully saturated rings. The highest BCUT2D eigenvalue weighted by Gasteiger charge is 2.35. The monoisotopic (exact) mass is 276 g/mol. The number of likely N-dealkylation sites (tertiary alicyclic amines) is 1. The molecule has 0 N–H and O–H groups in total. The second-order valence-electron chi connectivity index (χ2n) is 6.31. The van der Waals surface area contributed by atoms with Crippen molar-refractivity contribution in [1.82, 2.24) is 10.1 Å². The zero-order chi connectivity index (χ0) is 13.5. The number of aromatic nitrogens is 1. The quantitative estimate of drug-likeness (QED) is 0.848. The molecule has 1 aliphatic carbocycles. The van der Waals surface area contributed by atoms with Gasteiger partial charge in [-0.05, 0) is 37.5 Å². The first-order valence-electron chi connectivity index (χ1n) is 7.65. The number of hydrogen-bond donors (Lipinski definition) is 0. The maximum atomic E-state index is 12.4. The molecule has 1 saturated carbocycles. The van der Waals surface area contributed by atoms with Crippen LogP contribution in [0.25, 0.3) is 0 Å². The molecule has 108 valence electrons. The van der Waals surface area contributed by atoms with Gasteiger partial charge in [0.05, 0.1) is 0 Å². The van der Waals surface area contributed by atoms with Gasteiger partial charge in [0.25, 0.3) is 5.91 Å². The van der Waals surface area contributed by atoms with Crippen LogP contribution >= 0.6 is 0 Å². The van der Waals surface area contributed by atoms with E-state index in [4.69, 9.17) is 9.26 Å². The molecular weight excluding hydrogens is 256 g/mol. The molecule has 0 radical (unpaired) electrons. The Kier molecular flexibility index (Phi) is 3.02. The van der Waals surface area contributed by atoms with Crippen LogP contribution in [0, 0.1) is 11.8 Å². The molecule has 2 aliphatic heterocycles. The first-order chi connectivity index (χ1) is 9.81. The third-order valence-electron chi connectivity index (χ3n) is 4.87. The molecule has 5 heteroatoms. The predicted octanol–water partition coefficient (Wildman–Crippen LogP) is 2.05. The third kappa shape index (κ3) is 2.24. The van der Waals surface area contributed by atoms with Gasteiger partial charge in [0, 0.05) is 38.3 Å². The van der Waals surface area contributed by atoms with E-state index in [9.17, 15) is 4.79 Å². The Balaban J connectivity index is 1.40. The van der Waals surface area contributed by atoms with Crippen molar-refractivity contribution in [2.45, 2.75) is 31.6 Å². The van der Waals surface area contributed by atoms with Crippen LogP contribution in [-0.2, 0) is 4.74 Å². The number of carbonyl (C=O) groups is 1. The average Bonchev–Trinajstić information content (AvgIpc) is 2.97. The maximum absolute atomic E-state index is 12.4. The summed E-state index contributed by atoms with van der Waals surface area (Å²) in [5.41, 5.74) is 0.482. The summed E-state index contributed by atoms with van der Waals surface area (Å²) in [6.45, 7) is 3.43. The Morgan fingerprint density at radius 1 is 1.25 bits per heavy atom. The van der Waals surface area contributed by atoms with Gasteiger partial charge in [0.2, 0.25) is 0 Å². The normalized spacial score (nSPS) is 30.1. The zero-order valence-electron chi connectivity index (χ0n) is 11.6. The van der Waals surface area contributed by atoms with Gasteiger partial charge in [-0.2, -0.15) is 0 Å². The summed E-state index contributed by atoms with van der Waals surface area (Å²) in [5, 5.41) is 3.95. The number of hydrogen-bond acceptors (Lipinski definition) is 4. The van der Waals surface area contributed by atoms with Crippen LogP contribution in [0.3, 0.4) is 0 Å². The first-order valence-corrected chi connectivity index (χ1v) is 7.65. The SMILES string of the molecule is O=C(c1cc(C2CC2)on1)N1CC[C@@H]([C@@H]2CCOC2)C1. The highest BCUT2D eigenvalue weighted by molar-refractivity contribution is 5.92. The van der Waals surface area contributed by atoms with Gasteiger partial charge < -0.3 is 14.2 Å². The van der Waals surface area contributed by atoms with Crippen molar-refractivity contribution in [2.75, 3.05) is 26.3 Å². The molecule has 0 aromatic carbocycles. The minimum atomic E-state index is 0.0297. The summed E-state index contributed by atoms with van der Waals surface area (Å²) < 4.78 is 10.7. The summed E-state index contributed by atoms with van der Waals surface area (Å²) >= 11 is 0. The molecule has 2 saturated heterocycles. The van der Waals surface area contributed by atoms with Gasteiger partial charge in [-0.1, -0.05) is 5.16 Å². The molecule has 1 amide bonds. The number of nitrogens with zero attached hydrogens (tertiary/aromatic N) is 2. The lowest BCUT2D eigenvalue weighted by Crippen LogP contribution is -2.30. The van der Waals surface area contributed by atoms with Crippen molar-refractivity contribution < 1.29 is 14.1 Å². The second-order valence-corrected chi connectivity index (χ2v) is 6.31. The van der Waals surface area contributed by atoms with Crippen molar-refractivity contribution in [3.63, 3.8) is 0 Å². The van der Waals surface area contributed by atoms with Crippen LogP contribution in [0.4, 0.5) is 0 Å². The molecule has 1 aromatic heterocycles. The summed E-state index contributed by atoms with van der Waals surface area (Å²) in [6.07, 6.45) is 4.56. The summed E-state index contributed by atoms with van der Waals surface area (Å²) in [6, 6.07) is 1.84. The molecule has 4 rings (SSSR count). The van der Waals surface area contributed by atoms with Crippen LogP contribution in [0.2, 0.25) is 0 Å². The van der Waals surface area contributed by atoms with Crippen LogP contribution < -0.4 is 0 Å². The summed E-state index contributed by atoms with van der Waals surface area (Å²) in [4.78, 5) is 14.4. The fourth-order valence-corrected chi connectivity index (χ4v) is 3.39. The van der Waals surface area contributed by atoms with Gasteiger partial charge in [0.15, 0.2) is 5.69 Å². The molecule has 5 nitrogen and oxygen atoms in total. The fourth-order valence-electron chi connectivity index (χ4n) is 3.39. The fraction of sp³-hybridized carbons (Fsp3) is 0.733. The smallest absolute Gasteiger partial charge is 0.276 e. The highest BCUT2D eigenvalue weighted by Crippen LogP contribution is 2.40. The van der Waals surface area contributed by atoms with Gasteiger partial charge in [-0.3, -0.25) is 4.79 Å². The van der Waals surface area contributed by atoms with E-state index in [1.54, 1.807) is 0 Å². The molecule has 20 heavy (non-hydrogen) atoms. The largest absolute Gasteiger partial charge is 0.381 e. The number of carbonyl (C=O) groups excluding carboxylic acids is 1. The molecule has 1 aromatic rings. The standard InChI is InChI=1S/C15H20N2O3/c18-15(13-7-14(20-16-13)10-1-2-10)17-5-3-11(8-17)12-4-6-19-9-12/h7,10-12H,1-6,8-9H2/t11-,12-/m1/s1. The lowest BCUT2D eigenvalue weighted by Gasteiger charge is -2.18. The Labute approximate surface area is 118 Å². The van der Waals surface area contributed by atoms with Crippen LogP contribution in [0.1, 0.15) is 47.8 Å². The van der Waals surface area contributed by atoms with Gasteiger partial charge in [-0.25, -0.2) is 0 Å². The molecule has 2 atom stereocenters. The van der Waals surface area contributed by atoms with E-state index in [1.807, 2.05) is 11.0 Å². The number of rotatable bonds is 3. The maximum Gasteiger partial charge on any atom is 0.276 e. The average molecular weight is 276 g/mol. The minimum Gasteiger partial charge on any atom is -0.381 e. The summed E-state index contributed by atoms with van der Waals surface area (Å²) in [7, 11) is 0. The van der Waals surface area contributed by atoms with Crippen molar-refractivity contribution >= 4 is 5.91 Å². The van der Waals surface area contributed by atoms with Crippen molar-refractivity contribution in [3.05, 3.63) is 17.5 Å². The van der Waals surface area contributed by atoms with E-state index in [-0.39, 0.29) is 5.91 Å². The lowest BCUT2D eigenvalue weighted by molar-refractivity contribution is 0.0770. The van der Waals surface area contributed by atoms with Crippen LogP contribution in [-0.4, -0.2) is 42.3 Å². The van der Waals surface area contributed by atoms with E-state index in [1.165, 1.54) is 0 Å². The number of ether oxygens (including phenoxy) is 1. The van der Waals surface area contributed by atoms with Gasteiger partial charge >= 0.3 is 0 Å². The van der Waals surface area contributed by atoms with Crippen molar-refractivity contribution in [3.8, 4) is 0 Å². The molecule has 0 spiro atoms. The predicted molar refractivity (Wildman–Crippen MR) is 71.4 cm³/mol. The highest BCUT2D eigenvalue weighted by atomic mass is 16.5. The van der Waals surface area contributed by atoms with Crippen molar-refractivity contribution in [2.24, 2.45) is 11.8 Å². The van der Waals surface area contributed by atoms with Crippen molar-refractivity contribution in [1.29, 1.82) is 0 Å². The van der Waals surface area contributed by atoms with Crippen LogP contribution in [0.5, 0.6) is 0 Å². The Morgan fingerprint density at radius 2 is 2.15 bits per heavy atom. The molecule has 0 bridgehead atoms. The molecular formula is C15H20N2O3. The second kappa shape index (κ2) is 4.88. The van der Waals surface area contributed by atoms with Gasteiger partial charge in [-0.15, -0.1) is 0 Å². The Bertz CT molecular complexity index is 503. The summed E-state index contributed by atoms with van der Waals surface area (Å²) in [5.74, 6) is 2.64. The van der Waals surface area contributed by atoms with Gasteiger partial charge in [0.1, 0.15) is 5.76 Å².